The molecule has 0 aliphatic heterocycles. The predicted molar refractivity (Wildman–Crippen MR) is 57.1 cm³/mol. The maximum absolute atomic E-state index is 10.7. The SMILES string of the molecule is NC(=O)C(Br)Cc1cccc(Cl)c1. The molecule has 0 aliphatic carbocycles. The van der Waals surface area contributed by atoms with Gasteiger partial charge in [-0.1, -0.05) is 39.7 Å². The summed E-state index contributed by atoms with van der Waals surface area (Å²) in [5.41, 5.74) is 6.10. The predicted octanol–water partition coefficient (Wildman–Crippen LogP) is 2.13. The lowest BCUT2D eigenvalue weighted by Crippen LogP contribution is -2.24. The average molecular weight is 263 g/mol. The van der Waals surface area contributed by atoms with Crippen molar-refractivity contribution < 1.29 is 4.79 Å². The molecule has 0 saturated carbocycles. The van der Waals surface area contributed by atoms with Gasteiger partial charge in [-0.25, -0.2) is 0 Å². The van der Waals surface area contributed by atoms with Crippen LogP contribution in [0.1, 0.15) is 5.56 Å². The third-order valence-corrected chi connectivity index (χ3v) is 2.62. The van der Waals surface area contributed by atoms with Crippen LogP contribution in [0.5, 0.6) is 0 Å². The van der Waals surface area contributed by atoms with Crippen LogP contribution in [0.3, 0.4) is 0 Å². The number of primary amides is 1. The maximum atomic E-state index is 10.7. The molecule has 2 nitrogen and oxygen atoms in total. The lowest BCUT2D eigenvalue weighted by atomic mass is 10.1. The van der Waals surface area contributed by atoms with Gasteiger partial charge in [-0.15, -0.1) is 0 Å². The Morgan fingerprint density at radius 2 is 2.31 bits per heavy atom. The number of amides is 1. The number of hydrogen-bond donors (Lipinski definition) is 1. The van der Waals surface area contributed by atoms with Crippen molar-refractivity contribution in [1.29, 1.82) is 0 Å². The highest BCUT2D eigenvalue weighted by Gasteiger charge is 2.11. The summed E-state index contributed by atoms with van der Waals surface area (Å²) in [6, 6.07) is 7.36. The molecule has 0 radical (unpaired) electrons. The molecule has 2 N–H and O–H groups in total. The van der Waals surface area contributed by atoms with E-state index in [0.29, 0.717) is 11.4 Å². The third kappa shape index (κ3) is 3.36. The molecule has 70 valence electrons. The van der Waals surface area contributed by atoms with E-state index in [0.717, 1.165) is 5.56 Å². The number of benzene rings is 1. The molecule has 1 aromatic carbocycles. The van der Waals surface area contributed by atoms with Crippen LogP contribution in [0, 0.1) is 0 Å². The van der Waals surface area contributed by atoms with E-state index >= 15 is 0 Å². The molecule has 0 saturated heterocycles. The third-order valence-electron chi connectivity index (χ3n) is 1.61. The Labute approximate surface area is 90.2 Å². The minimum atomic E-state index is -0.361. The summed E-state index contributed by atoms with van der Waals surface area (Å²) in [6.07, 6.45) is 0.565. The first-order chi connectivity index (χ1) is 6.09. The van der Waals surface area contributed by atoms with Crippen molar-refractivity contribution in [3.63, 3.8) is 0 Å². The quantitative estimate of drug-likeness (QED) is 0.833. The highest BCUT2D eigenvalue weighted by molar-refractivity contribution is 9.10. The summed E-state index contributed by atoms with van der Waals surface area (Å²) < 4.78 is 0. The fourth-order valence-electron chi connectivity index (χ4n) is 0.971. The van der Waals surface area contributed by atoms with Crippen molar-refractivity contribution in [2.24, 2.45) is 5.73 Å². The molecule has 1 rings (SSSR count). The van der Waals surface area contributed by atoms with Gasteiger partial charge in [-0.3, -0.25) is 4.79 Å². The zero-order valence-corrected chi connectivity index (χ0v) is 9.18. The number of hydrogen-bond acceptors (Lipinski definition) is 1. The van der Waals surface area contributed by atoms with Crippen LogP contribution in [0.15, 0.2) is 24.3 Å². The Kier molecular flexibility index (Phi) is 3.75. The highest BCUT2D eigenvalue weighted by atomic mass is 79.9. The van der Waals surface area contributed by atoms with E-state index in [-0.39, 0.29) is 10.7 Å². The van der Waals surface area contributed by atoms with Crippen LogP contribution < -0.4 is 5.73 Å². The van der Waals surface area contributed by atoms with E-state index in [1.54, 1.807) is 6.07 Å². The lowest BCUT2D eigenvalue weighted by molar-refractivity contribution is -0.117. The van der Waals surface area contributed by atoms with Crippen molar-refractivity contribution in [1.82, 2.24) is 0 Å². The number of rotatable bonds is 3. The average Bonchev–Trinajstić information content (AvgIpc) is 2.04. The molecule has 1 unspecified atom stereocenters. The minimum absolute atomic E-state index is 0.328. The summed E-state index contributed by atoms with van der Waals surface area (Å²) >= 11 is 8.96. The Balaban J connectivity index is 2.69. The molecule has 13 heavy (non-hydrogen) atoms. The first-order valence-corrected chi connectivity index (χ1v) is 5.07. The van der Waals surface area contributed by atoms with E-state index in [9.17, 15) is 4.79 Å². The maximum Gasteiger partial charge on any atom is 0.231 e. The van der Waals surface area contributed by atoms with Crippen LogP contribution in [-0.4, -0.2) is 10.7 Å². The number of halogens is 2. The molecule has 0 fully saturated rings. The van der Waals surface area contributed by atoms with Crippen molar-refractivity contribution in [2.75, 3.05) is 0 Å². The van der Waals surface area contributed by atoms with Gasteiger partial charge < -0.3 is 5.73 Å². The standard InChI is InChI=1S/C9H9BrClNO/c10-8(9(12)13)5-6-2-1-3-7(11)4-6/h1-4,8H,5H2,(H2,12,13). The second-order valence-electron chi connectivity index (χ2n) is 2.70. The Morgan fingerprint density at radius 1 is 1.62 bits per heavy atom. The second-order valence-corrected chi connectivity index (χ2v) is 4.25. The van der Waals surface area contributed by atoms with E-state index in [2.05, 4.69) is 15.9 Å². The minimum Gasteiger partial charge on any atom is -0.369 e. The zero-order chi connectivity index (χ0) is 9.84. The van der Waals surface area contributed by atoms with Crippen LogP contribution in [0.4, 0.5) is 0 Å². The first kappa shape index (κ1) is 10.5. The Bertz CT molecular complexity index is 316. The smallest absolute Gasteiger partial charge is 0.231 e. The molecule has 0 heterocycles. The van der Waals surface area contributed by atoms with Crippen LogP contribution >= 0.6 is 27.5 Å². The van der Waals surface area contributed by atoms with Gasteiger partial charge in [0.2, 0.25) is 5.91 Å². The molecule has 0 aliphatic rings. The van der Waals surface area contributed by atoms with E-state index in [4.69, 9.17) is 17.3 Å². The van der Waals surface area contributed by atoms with Crippen LogP contribution in [0.2, 0.25) is 5.02 Å². The van der Waals surface area contributed by atoms with Crippen molar-refractivity contribution >= 4 is 33.4 Å². The van der Waals surface area contributed by atoms with Crippen molar-refractivity contribution in [3.05, 3.63) is 34.9 Å². The van der Waals surface area contributed by atoms with Crippen molar-refractivity contribution in [3.8, 4) is 0 Å². The van der Waals surface area contributed by atoms with E-state index in [1.807, 2.05) is 18.2 Å². The van der Waals surface area contributed by atoms with E-state index < -0.39 is 0 Å². The molecular formula is C9H9BrClNO. The molecular weight excluding hydrogens is 253 g/mol. The normalized spacial score (nSPS) is 12.5. The van der Waals surface area contributed by atoms with E-state index in [1.165, 1.54) is 0 Å². The molecule has 0 aromatic heterocycles. The fourth-order valence-corrected chi connectivity index (χ4v) is 1.56. The van der Waals surface area contributed by atoms with Gasteiger partial charge in [0.05, 0.1) is 4.83 Å². The Hall–Kier alpha value is -0.540. The van der Waals surface area contributed by atoms with Gasteiger partial charge in [0.25, 0.3) is 0 Å². The Morgan fingerprint density at radius 3 is 2.85 bits per heavy atom. The number of carbonyl (C=O) groups is 1. The summed E-state index contributed by atoms with van der Waals surface area (Å²) in [4.78, 5) is 10.4. The summed E-state index contributed by atoms with van der Waals surface area (Å²) in [6.45, 7) is 0. The molecule has 4 heteroatoms. The number of carbonyl (C=O) groups excluding carboxylic acids is 1. The van der Waals surface area contributed by atoms with Gasteiger partial charge >= 0.3 is 0 Å². The largest absolute Gasteiger partial charge is 0.369 e. The number of alkyl halides is 1. The van der Waals surface area contributed by atoms with Gasteiger partial charge in [0, 0.05) is 5.02 Å². The first-order valence-electron chi connectivity index (χ1n) is 3.77. The topological polar surface area (TPSA) is 43.1 Å². The van der Waals surface area contributed by atoms with Crippen molar-refractivity contribution in [2.45, 2.75) is 11.2 Å². The number of nitrogens with two attached hydrogens (primary N) is 1. The highest BCUT2D eigenvalue weighted by Crippen LogP contribution is 2.14. The summed E-state index contributed by atoms with van der Waals surface area (Å²) in [5.74, 6) is -0.361. The molecule has 0 spiro atoms. The second kappa shape index (κ2) is 4.63. The molecule has 1 amide bonds. The summed E-state index contributed by atoms with van der Waals surface area (Å²) in [7, 11) is 0. The zero-order valence-electron chi connectivity index (χ0n) is 6.84. The van der Waals surface area contributed by atoms with Gasteiger partial charge in [0.1, 0.15) is 0 Å². The monoisotopic (exact) mass is 261 g/mol. The molecule has 1 atom stereocenters. The van der Waals surface area contributed by atoms with Gasteiger partial charge in [0.15, 0.2) is 0 Å². The lowest BCUT2D eigenvalue weighted by Gasteiger charge is -2.05. The van der Waals surface area contributed by atoms with Gasteiger partial charge in [-0.2, -0.15) is 0 Å². The fraction of sp³-hybridized carbons (Fsp3) is 0.222. The molecule has 0 bridgehead atoms. The van der Waals surface area contributed by atoms with Crippen LogP contribution in [0.25, 0.3) is 0 Å². The summed E-state index contributed by atoms with van der Waals surface area (Å²) in [5, 5.41) is 0.668. The van der Waals surface area contributed by atoms with Crippen LogP contribution in [-0.2, 0) is 11.2 Å². The molecule has 1 aromatic rings. The van der Waals surface area contributed by atoms with Gasteiger partial charge in [-0.05, 0) is 24.1 Å².